The Labute approximate surface area is 104 Å². The lowest BCUT2D eigenvalue weighted by molar-refractivity contribution is 0.452. The Hall–Kier alpha value is -0.530. The van der Waals surface area contributed by atoms with Crippen molar-refractivity contribution in [1.29, 1.82) is 0 Å². The molecule has 16 heavy (non-hydrogen) atoms. The second-order valence-electron chi connectivity index (χ2n) is 4.89. The van der Waals surface area contributed by atoms with Gasteiger partial charge in [0.1, 0.15) is 0 Å². The van der Waals surface area contributed by atoms with Crippen LogP contribution in [0.5, 0.6) is 0 Å². The van der Waals surface area contributed by atoms with E-state index in [-0.39, 0.29) is 0 Å². The minimum absolute atomic E-state index is 0.309. The molecule has 2 heteroatoms. The third kappa shape index (κ3) is 4.15. The molecule has 2 N–H and O–H groups in total. The van der Waals surface area contributed by atoms with Crippen LogP contribution in [-0.4, -0.2) is 6.04 Å². The SMILES string of the molecule is Cc1ccc(CCCC(N)C(C)C)c(Cl)c1. The van der Waals surface area contributed by atoms with Crippen LogP contribution in [-0.2, 0) is 6.42 Å². The highest BCUT2D eigenvalue weighted by molar-refractivity contribution is 6.31. The summed E-state index contributed by atoms with van der Waals surface area (Å²) in [6.45, 7) is 6.40. The summed E-state index contributed by atoms with van der Waals surface area (Å²) < 4.78 is 0. The fourth-order valence-corrected chi connectivity index (χ4v) is 2.05. The Balaban J connectivity index is 2.43. The molecule has 90 valence electrons. The van der Waals surface area contributed by atoms with E-state index >= 15 is 0 Å². The van der Waals surface area contributed by atoms with E-state index in [1.807, 2.05) is 6.07 Å². The van der Waals surface area contributed by atoms with Crippen LogP contribution in [0.2, 0.25) is 5.02 Å². The molecule has 0 radical (unpaired) electrons. The van der Waals surface area contributed by atoms with Gasteiger partial charge >= 0.3 is 0 Å². The van der Waals surface area contributed by atoms with Crippen LogP contribution >= 0.6 is 11.6 Å². The summed E-state index contributed by atoms with van der Waals surface area (Å²) in [4.78, 5) is 0. The number of hydrogen-bond donors (Lipinski definition) is 1. The third-order valence-corrected chi connectivity index (χ3v) is 3.40. The molecule has 0 aromatic heterocycles. The van der Waals surface area contributed by atoms with Gasteiger partial charge in [-0.3, -0.25) is 0 Å². The topological polar surface area (TPSA) is 26.0 Å². The molecule has 0 saturated heterocycles. The molecule has 0 spiro atoms. The van der Waals surface area contributed by atoms with Gasteiger partial charge in [0.25, 0.3) is 0 Å². The molecule has 0 aliphatic carbocycles. The number of nitrogens with two attached hydrogens (primary N) is 1. The van der Waals surface area contributed by atoms with Crippen LogP contribution in [0.15, 0.2) is 18.2 Å². The predicted octanol–water partition coefficient (Wildman–Crippen LogP) is 3.95. The van der Waals surface area contributed by atoms with Gasteiger partial charge in [-0.2, -0.15) is 0 Å². The van der Waals surface area contributed by atoms with Crippen LogP contribution < -0.4 is 5.73 Å². The summed E-state index contributed by atoms with van der Waals surface area (Å²) in [6, 6.07) is 6.57. The molecule has 1 atom stereocenters. The van der Waals surface area contributed by atoms with Crippen molar-refractivity contribution < 1.29 is 0 Å². The van der Waals surface area contributed by atoms with Gasteiger partial charge in [-0.25, -0.2) is 0 Å². The second kappa shape index (κ2) is 6.27. The Bertz CT molecular complexity index is 334. The first-order chi connectivity index (χ1) is 7.50. The zero-order valence-electron chi connectivity index (χ0n) is 10.5. The minimum Gasteiger partial charge on any atom is -0.327 e. The maximum atomic E-state index is 6.18. The van der Waals surface area contributed by atoms with Gasteiger partial charge in [-0.1, -0.05) is 37.6 Å². The predicted molar refractivity (Wildman–Crippen MR) is 71.9 cm³/mol. The van der Waals surface area contributed by atoms with E-state index in [1.165, 1.54) is 11.1 Å². The highest BCUT2D eigenvalue weighted by Gasteiger charge is 2.07. The van der Waals surface area contributed by atoms with Crippen molar-refractivity contribution in [2.45, 2.75) is 46.1 Å². The number of halogens is 1. The first-order valence-corrected chi connectivity index (χ1v) is 6.39. The summed E-state index contributed by atoms with van der Waals surface area (Å²) in [5, 5.41) is 0.887. The number of benzene rings is 1. The summed E-state index contributed by atoms with van der Waals surface area (Å²) in [5.74, 6) is 0.563. The zero-order valence-corrected chi connectivity index (χ0v) is 11.2. The molecule has 0 heterocycles. The second-order valence-corrected chi connectivity index (χ2v) is 5.30. The summed E-state index contributed by atoms with van der Waals surface area (Å²) in [5.41, 5.74) is 8.46. The van der Waals surface area contributed by atoms with Crippen molar-refractivity contribution in [2.75, 3.05) is 0 Å². The Kier molecular flexibility index (Phi) is 5.30. The lowest BCUT2D eigenvalue weighted by atomic mass is 9.97. The van der Waals surface area contributed by atoms with Crippen LogP contribution in [0.4, 0.5) is 0 Å². The molecule has 0 bridgehead atoms. The molecule has 0 saturated carbocycles. The van der Waals surface area contributed by atoms with Gasteiger partial charge in [0, 0.05) is 11.1 Å². The van der Waals surface area contributed by atoms with Crippen LogP contribution in [0.1, 0.15) is 37.8 Å². The largest absolute Gasteiger partial charge is 0.327 e. The van der Waals surface area contributed by atoms with Gasteiger partial charge in [0.2, 0.25) is 0 Å². The maximum Gasteiger partial charge on any atom is 0.0440 e. The molecule has 0 fully saturated rings. The fourth-order valence-electron chi connectivity index (χ4n) is 1.72. The first kappa shape index (κ1) is 13.5. The number of rotatable bonds is 5. The lowest BCUT2D eigenvalue weighted by Gasteiger charge is -2.15. The van der Waals surface area contributed by atoms with E-state index in [9.17, 15) is 0 Å². The first-order valence-electron chi connectivity index (χ1n) is 6.01. The highest BCUT2D eigenvalue weighted by Crippen LogP contribution is 2.20. The summed E-state index contributed by atoms with van der Waals surface area (Å²) in [7, 11) is 0. The molecule has 1 aromatic carbocycles. The van der Waals surface area contributed by atoms with Gasteiger partial charge in [0.05, 0.1) is 0 Å². The normalized spacial score (nSPS) is 13.1. The standard InChI is InChI=1S/C14H22ClN/c1-10(2)14(16)6-4-5-12-8-7-11(3)9-13(12)15/h7-10,14H,4-6,16H2,1-3H3. The van der Waals surface area contributed by atoms with E-state index < -0.39 is 0 Å². The van der Waals surface area contributed by atoms with E-state index in [0.717, 1.165) is 24.3 Å². The molecule has 1 rings (SSSR count). The van der Waals surface area contributed by atoms with Crippen LogP contribution in [0, 0.1) is 12.8 Å². The zero-order chi connectivity index (χ0) is 12.1. The van der Waals surface area contributed by atoms with Gasteiger partial charge in [0.15, 0.2) is 0 Å². The quantitative estimate of drug-likeness (QED) is 0.827. The molecule has 1 unspecified atom stereocenters. The van der Waals surface area contributed by atoms with Crippen molar-refractivity contribution in [3.8, 4) is 0 Å². The molecular formula is C14H22ClN. The van der Waals surface area contributed by atoms with E-state index in [0.29, 0.717) is 12.0 Å². The fraction of sp³-hybridized carbons (Fsp3) is 0.571. The number of hydrogen-bond acceptors (Lipinski definition) is 1. The van der Waals surface area contributed by atoms with Crippen molar-refractivity contribution in [3.63, 3.8) is 0 Å². The highest BCUT2D eigenvalue weighted by atomic mass is 35.5. The van der Waals surface area contributed by atoms with Crippen LogP contribution in [0.25, 0.3) is 0 Å². The summed E-state index contributed by atoms with van der Waals surface area (Å²) >= 11 is 6.18. The molecule has 1 aromatic rings. The van der Waals surface area contributed by atoms with Crippen molar-refractivity contribution in [3.05, 3.63) is 34.3 Å². The van der Waals surface area contributed by atoms with Crippen molar-refractivity contribution >= 4 is 11.6 Å². The molecular weight excluding hydrogens is 218 g/mol. The number of aryl methyl sites for hydroxylation is 2. The van der Waals surface area contributed by atoms with Gasteiger partial charge in [-0.05, 0) is 49.3 Å². The van der Waals surface area contributed by atoms with E-state index in [1.54, 1.807) is 0 Å². The Morgan fingerprint density at radius 1 is 1.31 bits per heavy atom. The van der Waals surface area contributed by atoms with Gasteiger partial charge in [-0.15, -0.1) is 0 Å². The van der Waals surface area contributed by atoms with E-state index in [2.05, 4.69) is 32.9 Å². The van der Waals surface area contributed by atoms with E-state index in [4.69, 9.17) is 17.3 Å². The lowest BCUT2D eigenvalue weighted by Crippen LogP contribution is -2.26. The average Bonchev–Trinajstić information content (AvgIpc) is 2.20. The average molecular weight is 240 g/mol. The minimum atomic E-state index is 0.309. The maximum absolute atomic E-state index is 6.18. The van der Waals surface area contributed by atoms with Crippen LogP contribution in [0.3, 0.4) is 0 Å². The monoisotopic (exact) mass is 239 g/mol. The summed E-state index contributed by atoms with van der Waals surface area (Å²) in [6.07, 6.45) is 3.21. The molecule has 1 nitrogen and oxygen atoms in total. The Morgan fingerprint density at radius 2 is 2.00 bits per heavy atom. The smallest absolute Gasteiger partial charge is 0.0440 e. The van der Waals surface area contributed by atoms with Gasteiger partial charge < -0.3 is 5.73 Å². The third-order valence-electron chi connectivity index (χ3n) is 3.05. The molecule has 0 aliphatic heterocycles. The Morgan fingerprint density at radius 3 is 2.56 bits per heavy atom. The molecule has 0 aliphatic rings. The van der Waals surface area contributed by atoms with Crippen molar-refractivity contribution in [1.82, 2.24) is 0 Å². The molecule has 0 amide bonds. The van der Waals surface area contributed by atoms with Crippen molar-refractivity contribution in [2.24, 2.45) is 11.7 Å².